The van der Waals surface area contributed by atoms with Crippen LogP contribution in [0.15, 0.2) is 48.5 Å². The summed E-state index contributed by atoms with van der Waals surface area (Å²) in [6.45, 7) is 4.97. The fraction of sp³-hybridized carbons (Fsp3) is 0.176. The van der Waals surface area contributed by atoms with Crippen molar-refractivity contribution in [2.45, 2.75) is 20.4 Å². The third-order valence-electron chi connectivity index (χ3n) is 3.78. The van der Waals surface area contributed by atoms with Crippen LogP contribution in [-0.4, -0.2) is 4.57 Å². The first-order valence-electron chi connectivity index (χ1n) is 6.45. The molecule has 3 rings (SSSR count). The SMILES string of the molecule is Cc1c(C)n(Cc2ccccc2)c2ccc(F)cc12. The maximum atomic E-state index is 13.4. The Labute approximate surface area is 112 Å². The molecule has 0 fully saturated rings. The Bertz CT molecular complexity index is 726. The standard InChI is InChI=1S/C17H16FN/c1-12-13(2)19(11-14-6-4-3-5-7-14)17-9-8-15(18)10-16(12)17/h3-10H,11H2,1-2H3. The van der Waals surface area contributed by atoms with Crippen molar-refractivity contribution in [2.75, 3.05) is 0 Å². The van der Waals surface area contributed by atoms with Crippen molar-refractivity contribution in [3.05, 3.63) is 71.2 Å². The maximum absolute atomic E-state index is 13.4. The predicted molar refractivity (Wildman–Crippen MR) is 76.9 cm³/mol. The smallest absolute Gasteiger partial charge is 0.123 e. The van der Waals surface area contributed by atoms with Crippen LogP contribution in [0.3, 0.4) is 0 Å². The van der Waals surface area contributed by atoms with E-state index in [9.17, 15) is 4.39 Å². The Kier molecular flexibility index (Phi) is 2.86. The van der Waals surface area contributed by atoms with Crippen LogP contribution in [-0.2, 0) is 6.54 Å². The maximum Gasteiger partial charge on any atom is 0.123 e. The van der Waals surface area contributed by atoms with E-state index in [4.69, 9.17) is 0 Å². The Morgan fingerprint density at radius 2 is 1.74 bits per heavy atom. The minimum absolute atomic E-state index is 0.174. The Hall–Kier alpha value is -2.09. The predicted octanol–water partition coefficient (Wildman–Crippen LogP) is 4.45. The normalized spacial score (nSPS) is 11.1. The number of aryl methyl sites for hydroxylation is 1. The molecule has 1 aromatic heterocycles. The minimum Gasteiger partial charge on any atom is -0.340 e. The highest BCUT2D eigenvalue weighted by Gasteiger charge is 2.11. The van der Waals surface area contributed by atoms with Crippen LogP contribution in [0.4, 0.5) is 4.39 Å². The van der Waals surface area contributed by atoms with Gasteiger partial charge in [-0.05, 0) is 43.2 Å². The molecule has 1 nitrogen and oxygen atoms in total. The van der Waals surface area contributed by atoms with Crippen LogP contribution in [0.1, 0.15) is 16.8 Å². The average Bonchev–Trinajstić information content (AvgIpc) is 2.65. The molecule has 0 bridgehead atoms. The van der Waals surface area contributed by atoms with Gasteiger partial charge in [-0.15, -0.1) is 0 Å². The zero-order chi connectivity index (χ0) is 13.4. The topological polar surface area (TPSA) is 4.93 Å². The molecular formula is C17H16FN. The van der Waals surface area contributed by atoms with Gasteiger partial charge in [0, 0.05) is 23.1 Å². The zero-order valence-electron chi connectivity index (χ0n) is 11.2. The molecule has 0 saturated carbocycles. The summed E-state index contributed by atoms with van der Waals surface area (Å²) in [6.07, 6.45) is 0. The van der Waals surface area contributed by atoms with Gasteiger partial charge in [0.05, 0.1) is 0 Å². The molecule has 0 spiro atoms. The van der Waals surface area contributed by atoms with Crippen LogP contribution in [0.25, 0.3) is 10.9 Å². The highest BCUT2D eigenvalue weighted by atomic mass is 19.1. The fourth-order valence-corrected chi connectivity index (χ4v) is 2.59. The summed E-state index contributed by atoms with van der Waals surface area (Å²) in [5.41, 5.74) is 4.71. The van der Waals surface area contributed by atoms with E-state index in [1.165, 1.54) is 17.3 Å². The third-order valence-corrected chi connectivity index (χ3v) is 3.78. The van der Waals surface area contributed by atoms with Gasteiger partial charge in [0.15, 0.2) is 0 Å². The van der Waals surface area contributed by atoms with Crippen molar-refractivity contribution in [3.63, 3.8) is 0 Å². The number of aromatic nitrogens is 1. The van der Waals surface area contributed by atoms with E-state index in [1.54, 1.807) is 6.07 Å². The highest BCUT2D eigenvalue weighted by Crippen LogP contribution is 2.26. The Morgan fingerprint density at radius 1 is 1.00 bits per heavy atom. The lowest BCUT2D eigenvalue weighted by Gasteiger charge is -2.08. The van der Waals surface area contributed by atoms with Crippen molar-refractivity contribution in [1.29, 1.82) is 0 Å². The lowest BCUT2D eigenvalue weighted by molar-refractivity contribution is 0.629. The number of rotatable bonds is 2. The first kappa shape index (κ1) is 12.0. The molecule has 3 aromatic rings. The van der Waals surface area contributed by atoms with Crippen molar-refractivity contribution in [3.8, 4) is 0 Å². The molecule has 0 aliphatic rings. The van der Waals surface area contributed by atoms with Gasteiger partial charge in [0.25, 0.3) is 0 Å². The van der Waals surface area contributed by atoms with Gasteiger partial charge in [0.1, 0.15) is 5.82 Å². The Morgan fingerprint density at radius 3 is 2.47 bits per heavy atom. The van der Waals surface area contributed by atoms with E-state index < -0.39 is 0 Å². The van der Waals surface area contributed by atoms with Crippen LogP contribution in [0.2, 0.25) is 0 Å². The molecule has 0 aliphatic carbocycles. The van der Waals surface area contributed by atoms with Crippen LogP contribution >= 0.6 is 0 Å². The lowest BCUT2D eigenvalue weighted by Crippen LogP contribution is -2.01. The fourth-order valence-electron chi connectivity index (χ4n) is 2.59. The molecule has 0 unspecified atom stereocenters. The summed E-state index contributed by atoms with van der Waals surface area (Å²) in [4.78, 5) is 0. The van der Waals surface area contributed by atoms with Gasteiger partial charge >= 0.3 is 0 Å². The van der Waals surface area contributed by atoms with Crippen LogP contribution in [0.5, 0.6) is 0 Å². The first-order valence-corrected chi connectivity index (χ1v) is 6.45. The number of halogens is 1. The van der Waals surface area contributed by atoms with E-state index in [1.807, 2.05) is 24.3 Å². The van der Waals surface area contributed by atoms with Gasteiger partial charge in [-0.3, -0.25) is 0 Å². The van der Waals surface area contributed by atoms with Crippen LogP contribution in [0, 0.1) is 19.7 Å². The largest absolute Gasteiger partial charge is 0.340 e. The van der Waals surface area contributed by atoms with Gasteiger partial charge < -0.3 is 4.57 Å². The van der Waals surface area contributed by atoms with E-state index >= 15 is 0 Å². The molecule has 2 aromatic carbocycles. The second-order valence-corrected chi connectivity index (χ2v) is 4.94. The van der Waals surface area contributed by atoms with Gasteiger partial charge in [-0.2, -0.15) is 0 Å². The van der Waals surface area contributed by atoms with Gasteiger partial charge in [0.2, 0.25) is 0 Å². The molecule has 19 heavy (non-hydrogen) atoms. The summed E-state index contributed by atoms with van der Waals surface area (Å²) < 4.78 is 15.6. The summed E-state index contributed by atoms with van der Waals surface area (Å²) in [6, 6.07) is 15.4. The molecule has 2 heteroatoms. The van der Waals surface area contributed by atoms with Crippen molar-refractivity contribution in [2.24, 2.45) is 0 Å². The van der Waals surface area contributed by atoms with Crippen molar-refractivity contribution in [1.82, 2.24) is 4.57 Å². The second-order valence-electron chi connectivity index (χ2n) is 4.94. The van der Waals surface area contributed by atoms with E-state index in [0.717, 1.165) is 23.0 Å². The minimum atomic E-state index is -0.174. The number of fused-ring (bicyclic) bond motifs is 1. The molecule has 0 N–H and O–H groups in total. The summed E-state index contributed by atoms with van der Waals surface area (Å²) >= 11 is 0. The Balaban J connectivity index is 2.16. The van der Waals surface area contributed by atoms with Crippen molar-refractivity contribution >= 4 is 10.9 Å². The van der Waals surface area contributed by atoms with Crippen molar-refractivity contribution < 1.29 is 4.39 Å². The first-order chi connectivity index (χ1) is 9.16. The van der Waals surface area contributed by atoms with E-state index in [0.29, 0.717) is 0 Å². The van der Waals surface area contributed by atoms with Crippen LogP contribution < -0.4 is 0 Å². The quantitative estimate of drug-likeness (QED) is 0.636. The zero-order valence-corrected chi connectivity index (χ0v) is 11.2. The number of nitrogens with zero attached hydrogens (tertiary/aromatic N) is 1. The molecule has 96 valence electrons. The summed E-state index contributed by atoms with van der Waals surface area (Å²) in [7, 11) is 0. The van der Waals surface area contributed by atoms with Gasteiger partial charge in [-0.1, -0.05) is 30.3 Å². The van der Waals surface area contributed by atoms with E-state index in [2.05, 4.69) is 30.5 Å². The average molecular weight is 253 g/mol. The number of benzene rings is 2. The van der Waals surface area contributed by atoms with E-state index in [-0.39, 0.29) is 5.82 Å². The molecule has 0 amide bonds. The summed E-state index contributed by atoms with van der Waals surface area (Å²) in [5, 5.41) is 1.01. The third kappa shape index (κ3) is 2.03. The van der Waals surface area contributed by atoms with Gasteiger partial charge in [-0.25, -0.2) is 4.39 Å². The molecule has 0 aliphatic heterocycles. The molecule has 0 radical (unpaired) electrons. The summed E-state index contributed by atoms with van der Waals surface area (Å²) in [5.74, 6) is -0.174. The molecular weight excluding hydrogens is 237 g/mol. The molecule has 1 heterocycles. The molecule has 0 atom stereocenters. The monoisotopic (exact) mass is 253 g/mol. The lowest BCUT2D eigenvalue weighted by atomic mass is 10.1. The number of hydrogen-bond acceptors (Lipinski definition) is 0. The highest BCUT2D eigenvalue weighted by molar-refractivity contribution is 5.85. The second kappa shape index (κ2) is 4.54. The number of hydrogen-bond donors (Lipinski definition) is 0. The molecule has 0 saturated heterocycles.